The molecular weight excluding hydrogens is 310 g/mol. The van der Waals surface area contributed by atoms with Crippen molar-refractivity contribution in [2.75, 3.05) is 5.32 Å². The van der Waals surface area contributed by atoms with Gasteiger partial charge in [-0.05, 0) is 60.8 Å². The summed E-state index contributed by atoms with van der Waals surface area (Å²) in [5.74, 6) is -2.06. The maximum absolute atomic E-state index is 12.3. The molecule has 1 aromatic rings. The monoisotopic (exact) mass is 331 g/mol. The number of anilines is 1. The molecule has 0 fully saturated rings. The Morgan fingerprint density at radius 3 is 2.17 bits per heavy atom. The molecule has 0 saturated carbocycles. The molecule has 0 heterocycles. The van der Waals surface area contributed by atoms with Gasteiger partial charge >= 0.3 is 12.0 Å². The predicted octanol–water partition coefficient (Wildman–Crippen LogP) is 1.11. The van der Waals surface area contributed by atoms with Gasteiger partial charge < -0.3 is 21.5 Å². The number of carbonyl (C=O) groups is 3. The summed E-state index contributed by atoms with van der Waals surface area (Å²) in [6.07, 6.45) is 5.55. The Balaban J connectivity index is 1.80. The Morgan fingerprint density at radius 2 is 1.67 bits per heavy atom. The summed E-state index contributed by atoms with van der Waals surface area (Å²) < 4.78 is 0. The van der Waals surface area contributed by atoms with E-state index in [1.54, 1.807) is 0 Å². The highest BCUT2D eigenvalue weighted by atomic mass is 16.4. The minimum absolute atomic E-state index is 0.437. The summed E-state index contributed by atoms with van der Waals surface area (Å²) in [4.78, 5) is 34.4. The van der Waals surface area contributed by atoms with Crippen molar-refractivity contribution < 1.29 is 19.5 Å². The average molecular weight is 331 g/mol. The lowest BCUT2D eigenvalue weighted by atomic mass is 9.99. The van der Waals surface area contributed by atoms with Gasteiger partial charge in [0, 0.05) is 5.69 Å². The second-order valence-corrected chi connectivity index (χ2v) is 6.39. The molecule has 2 aliphatic carbocycles. The molecular formula is C17H21N3O4. The van der Waals surface area contributed by atoms with Gasteiger partial charge in [0.05, 0.1) is 6.42 Å². The Bertz CT molecular complexity index is 682. The molecule has 7 nitrogen and oxygen atoms in total. The fraction of sp³-hybridized carbons (Fsp3) is 0.471. The van der Waals surface area contributed by atoms with Gasteiger partial charge in [0.15, 0.2) is 0 Å². The second kappa shape index (κ2) is 6.51. The lowest BCUT2D eigenvalue weighted by Crippen LogP contribution is -2.45. The number of rotatable bonds is 5. The van der Waals surface area contributed by atoms with Crippen LogP contribution in [0, 0.1) is 0 Å². The van der Waals surface area contributed by atoms with E-state index in [1.165, 1.54) is 11.1 Å². The maximum Gasteiger partial charge on any atom is 0.326 e. The molecule has 24 heavy (non-hydrogen) atoms. The number of benzene rings is 1. The van der Waals surface area contributed by atoms with Crippen molar-refractivity contribution in [1.29, 1.82) is 0 Å². The van der Waals surface area contributed by atoms with Crippen LogP contribution in [0.1, 0.15) is 41.5 Å². The number of amides is 3. The van der Waals surface area contributed by atoms with Gasteiger partial charge in [-0.25, -0.2) is 9.59 Å². The molecule has 2 aliphatic rings. The highest BCUT2D eigenvalue weighted by molar-refractivity contribution is 5.95. The zero-order chi connectivity index (χ0) is 17.3. The quantitative estimate of drug-likeness (QED) is 0.645. The Hall–Kier alpha value is -2.57. The van der Waals surface area contributed by atoms with Crippen LogP contribution in [0.15, 0.2) is 6.07 Å². The summed E-state index contributed by atoms with van der Waals surface area (Å²) in [7, 11) is 0. The van der Waals surface area contributed by atoms with E-state index in [1.807, 2.05) is 0 Å². The number of nitrogens with two attached hydrogens (primary N) is 1. The van der Waals surface area contributed by atoms with Crippen LogP contribution in [0.5, 0.6) is 0 Å². The fourth-order valence-corrected chi connectivity index (χ4v) is 3.68. The predicted molar refractivity (Wildman–Crippen MR) is 87.9 cm³/mol. The first-order valence-electron chi connectivity index (χ1n) is 8.21. The smallest absolute Gasteiger partial charge is 0.326 e. The Labute approximate surface area is 139 Å². The number of hydrogen-bond acceptors (Lipinski definition) is 3. The first-order chi connectivity index (χ1) is 11.5. The minimum Gasteiger partial charge on any atom is -0.480 e. The van der Waals surface area contributed by atoms with Crippen LogP contribution in [0.2, 0.25) is 0 Å². The summed E-state index contributed by atoms with van der Waals surface area (Å²) >= 11 is 0. The van der Waals surface area contributed by atoms with Crippen molar-refractivity contribution in [3.63, 3.8) is 0 Å². The molecule has 7 heteroatoms. The Morgan fingerprint density at radius 1 is 1.08 bits per heavy atom. The van der Waals surface area contributed by atoms with Crippen LogP contribution in [0.3, 0.4) is 0 Å². The molecule has 3 amide bonds. The van der Waals surface area contributed by atoms with Gasteiger partial charge in [0.2, 0.25) is 5.91 Å². The van der Waals surface area contributed by atoms with Crippen molar-refractivity contribution in [3.05, 3.63) is 28.3 Å². The van der Waals surface area contributed by atoms with E-state index in [4.69, 9.17) is 10.8 Å². The zero-order valence-electron chi connectivity index (χ0n) is 13.4. The molecule has 1 aromatic carbocycles. The van der Waals surface area contributed by atoms with E-state index < -0.39 is 30.4 Å². The van der Waals surface area contributed by atoms with Crippen molar-refractivity contribution in [1.82, 2.24) is 5.32 Å². The lowest BCUT2D eigenvalue weighted by Gasteiger charge is -2.18. The van der Waals surface area contributed by atoms with E-state index in [9.17, 15) is 14.4 Å². The lowest BCUT2D eigenvalue weighted by molar-refractivity contribution is -0.140. The van der Waals surface area contributed by atoms with Gasteiger partial charge in [-0.3, -0.25) is 4.79 Å². The first kappa shape index (κ1) is 16.3. The summed E-state index contributed by atoms with van der Waals surface area (Å²) in [5.41, 5.74) is 10.7. The number of hydrogen-bond donors (Lipinski definition) is 4. The van der Waals surface area contributed by atoms with E-state index >= 15 is 0 Å². The van der Waals surface area contributed by atoms with Crippen LogP contribution < -0.4 is 16.4 Å². The van der Waals surface area contributed by atoms with Gasteiger partial charge in [-0.2, -0.15) is 0 Å². The van der Waals surface area contributed by atoms with E-state index in [0.29, 0.717) is 0 Å². The van der Waals surface area contributed by atoms with Gasteiger partial charge in [0.25, 0.3) is 0 Å². The SMILES string of the molecule is NC(=O)C[C@@H](NC(=O)Nc1c2c(cc3c1CCC3)CCC2)C(=O)O. The van der Waals surface area contributed by atoms with E-state index in [0.717, 1.165) is 55.3 Å². The van der Waals surface area contributed by atoms with E-state index in [-0.39, 0.29) is 0 Å². The highest BCUT2D eigenvalue weighted by Gasteiger charge is 2.27. The van der Waals surface area contributed by atoms with Crippen LogP contribution in [0.25, 0.3) is 0 Å². The van der Waals surface area contributed by atoms with Crippen LogP contribution >= 0.6 is 0 Å². The highest BCUT2D eigenvalue weighted by Crippen LogP contribution is 2.38. The van der Waals surface area contributed by atoms with Crippen molar-refractivity contribution in [2.45, 2.75) is 51.0 Å². The fourth-order valence-electron chi connectivity index (χ4n) is 3.68. The van der Waals surface area contributed by atoms with Crippen molar-refractivity contribution >= 4 is 23.6 Å². The molecule has 0 unspecified atom stereocenters. The number of carboxylic acid groups (broad SMARTS) is 1. The standard InChI is InChI=1S/C17H21N3O4/c18-14(21)8-13(16(22)23)19-17(24)20-15-11-5-1-3-9(11)7-10-4-2-6-12(10)15/h7,13H,1-6,8H2,(H2,18,21)(H,22,23)(H2,19,20,24)/t13-/m1/s1. The number of urea groups is 1. The Kier molecular flexibility index (Phi) is 4.42. The molecule has 0 aliphatic heterocycles. The van der Waals surface area contributed by atoms with Crippen LogP contribution in [-0.2, 0) is 35.3 Å². The molecule has 3 rings (SSSR count). The average Bonchev–Trinajstić information content (AvgIpc) is 3.14. The molecule has 1 atom stereocenters. The topological polar surface area (TPSA) is 122 Å². The largest absolute Gasteiger partial charge is 0.480 e. The van der Waals surface area contributed by atoms with Gasteiger partial charge in [-0.15, -0.1) is 0 Å². The summed E-state index contributed by atoms with van der Waals surface area (Å²) in [6.45, 7) is 0. The van der Waals surface area contributed by atoms with Gasteiger partial charge in [0.1, 0.15) is 6.04 Å². The number of carbonyl (C=O) groups excluding carboxylic acids is 2. The normalized spacial score (nSPS) is 16.2. The molecule has 5 N–H and O–H groups in total. The maximum atomic E-state index is 12.3. The second-order valence-electron chi connectivity index (χ2n) is 6.39. The third kappa shape index (κ3) is 3.20. The number of primary amides is 1. The van der Waals surface area contributed by atoms with Gasteiger partial charge in [-0.1, -0.05) is 6.07 Å². The van der Waals surface area contributed by atoms with Crippen molar-refractivity contribution in [3.8, 4) is 0 Å². The molecule has 0 saturated heterocycles. The molecule has 0 aromatic heterocycles. The molecule has 0 radical (unpaired) electrons. The minimum atomic E-state index is -1.33. The first-order valence-corrected chi connectivity index (χ1v) is 8.21. The number of aliphatic carboxylic acids is 1. The number of nitrogens with one attached hydrogen (secondary N) is 2. The summed E-state index contributed by atoms with van der Waals surface area (Å²) in [6, 6.07) is 0.311. The van der Waals surface area contributed by atoms with E-state index in [2.05, 4.69) is 16.7 Å². The third-order valence-corrected chi connectivity index (χ3v) is 4.72. The number of fused-ring (bicyclic) bond motifs is 2. The summed E-state index contributed by atoms with van der Waals surface area (Å²) in [5, 5.41) is 14.3. The van der Waals surface area contributed by atoms with Crippen molar-refractivity contribution in [2.24, 2.45) is 5.73 Å². The zero-order valence-corrected chi connectivity index (χ0v) is 13.4. The van der Waals surface area contributed by atoms with Crippen LogP contribution in [0.4, 0.5) is 10.5 Å². The number of carboxylic acids is 1. The molecule has 0 bridgehead atoms. The third-order valence-electron chi connectivity index (χ3n) is 4.72. The molecule has 128 valence electrons. The number of aryl methyl sites for hydroxylation is 2. The molecule has 0 spiro atoms. The van der Waals surface area contributed by atoms with Crippen LogP contribution in [-0.4, -0.2) is 29.1 Å².